The molecule has 2 aromatic rings. The van der Waals surface area contributed by atoms with E-state index in [2.05, 4.69) is 4.99 Å². The lowest BCUT2D eigenvalue weighted by Gasteiger charge is -2.30. The van der Waals surface area contributed by atoms with Crippen LogP contribution in [0.4, 0.5) is 4.39 Å². The second-order valence-corrected chi connectivity index (χ2v) is 7.70. The van der Waals surface area contributed by atoms with E-state index >= 15 is 0 Å². The van der Waals surface area contributed by atoms with Crippen LogP contribution in [0.15, 0.2) is 47.5 Å². The second-order valence-electron chi connectivity index (χ2n) is 6.13. The van der Waals surface area contributed by atoms with Gasteiger partial charge in [-0.1, -0.05) is 6.07 Å². The fraction of sp³-hybridized carbons (Fsp3) is 0.235. The van der Waals surface area contributed by atoms with E-state index in [4.69, 9.17) is 9.52 Å². The van der Waals surface area contributed by atoms with Crippen LogP contribution in [0, 0.1) is 10.6 Å². The highest BCUT2D eigenvalue weighted by atomic mass is 32.2. The molecule has 1 aliphatic rings. The van der Waals surface area contributed by atoms with Gasteiger partial charge in [-0.3, -0.25) is 0 Å². The summed E-state index contributed by atoms with van der Waals surface area (Å²) in [6.45, 7) is 3.59. The number of rotatable bonds is 3. The third-order valence-corrected chi connectivity index (χ3v) is 4.25. The fourth-order valence-corrected chi connectivity index (χ4v) is 3.24. The zero-order chi connectivity index (χ0) is 17.5. The van der Waals surface area contributed by atoms with Crippen molar-refractivity contribution in [2.45, 2.75) is 25.3 Å². The van der Waals surface area contributed by atoms with Crippen molar-refractivity contribution in [3.8, 4) is 5.75 Å². The standard InChI is InChI=1S/C17H17FN2O3S/c1-17(2)20-16(12-4-6-13(18)7-5-12)14-8-3-11(9-15(14)23-17)10-24(19,21)22/h3-9H,10H2,1-2H3,(H2,19,21,22). The van der Waals surface area contributed by atoms with Gasteiger partial charge in [-0.05, 0) is 55.8 Å². The minimum absolute atomic E-state index is 0.271. The van der Waals surface area contributed by atoms with Gasteiger partial charge in [0.05, 0.1) is 11.5 Å². The summed E-state index contributed by atoms with van der Waals surface area (Å²) >= 11 is 0. The van der Waals surface area contributed by atoms with E-state index in [1.165, 1.54) is 12.1 Å². The van der Waals surface area contributed by atoms with Crippen LogP contribution in [-0.2, 0) is 15.8 Å². The van der Waals surface area contributed by atoms with Crippen molar-refractivity contribution in [2.75, 3.05) is 0 Å². The molecule has 2 aromatic carbocycles. The van der Waals surface area contributed by atoms with Crippen molar-refractivity contribution in [1.82, 2.24) is 0 Å². The first kappa shape index (κ1) is 16.6. The topological polar surface area (TPSA) is 82.7 Å². The molecule has 1 unspecified atom stereocenters. The minimum atomic E-state index is -3.63. The highest BCUT2D eigenvalue weighted by Gasteiger charge is 2.29. The molecule has 1 heterocycles. The van der Waals surface area contributed by atoms with Crippen LogP contribution in [0.1, 0.15) is 30.5 Å². The van der Waals surface area contributed by atoms with E-state index in [-0.39, 0.29) is 11.6 Å². The number of ether oxygens (including phenoxy) is 1. The molecule has 5 nitrogen and oxygen atoms in total. The van der Waals surface area contributed by atoms with E-state index in [1.54, 1.807) is 44.2 Å². The normalized spacial score (nSPS) is 18.1. The molecule has 0 amide bonds. The van der Waals surface area contributed by atoms with Crippen LogP contribution in [0.25, 0.3) is 0 Å². The molecule has 0 saturated heterocycles. The first-order valence-electron chi connectivity index (χ1n) is 7.30. The average Bonchev–Trinajstić information content (AvgIpc) is 2.44. The molecule has 3 rings (SSSR count). The second kappa shape index (κ2) is 5.68. The number of aliphatic imine (C=N–C) groups is 1. The minimum Gasteiger partial charge on any atom is -0.466 e. The number of fused-ring (bicyclic) bond motifs is 1. The molecule has 1 atom stereocenters. The SMILES string of the molecule is CC1(C)N=C(c2ccc(F)cc2)c2ccc(CS(=N)(=O)O)cc2O1. The van der Waals surface area contributed by atoms with Crippen LogP contribution < -0.4 is 4.74 Å². The summed E-state index contributed by atoms with van der Waals surface area (Å²) in [5.41, 5.74) is 1.86. The average molecular weight is 348 g/mol. The van der Waals surface area contributed by atoms with Crippen LogP contribution in [-0.4, -0.2) is 20.2 Å². The Hall–Kier alpha value is -2.25. The van der Waals surface area contributed by atoms with Gasteiger partial charge in [0.2, 0.25) is 0 Å². The van der Waals surface area contributed by atoms with Gasteiger partial charge in [0, 0.05) is 11.1 Å². The predicted molar refractivity (Wildman–Crippen MR) is 90.4 cm³/mol. The van der Waals surface area contributed by atoms with Crippen LogP contribution in [0.5, 0.6) is 5.75 Å². The Morgan fingerprint density at radius 3 is 2.54 bits per heavy atom. The number of halogens is 1. The molecule has 0 fully saturated rings. The molecule has 0 aliphatic carbocycles. The molecule has 0 saturated carbocycles. The van der Waals surface area contributed by atoms with Crippen molar-refractivity contribution < 1.29 is 17.9 Å². The molecule has 7 heteroatoms. The first-order valence-corrected chi connectivity index (χ1v) is 8.98. The van der Waals surface area contributed by atoms with E-state index in [0.29, 0.717) is 17.0 Å². The Morgan fingerprint density at radius 1 is 1.25 bits per heavy atom. The van der Waals surface area contributed by atoms with E-state index in [0.717, 1.165) is 11.1 Å². The van der Waals surface area contributed by atoms with Crippen molar-refractivity contribution in [3.05, 3.63) is 65.0 Å². The zero-order valence-electron chi connectivity index (χ0n) is 13.2. The van der Waals surface area contributed by atoms with Gasteiger partial charge >= 0.3 is 0 Å². The number of nitrogens with zero attached hydrogens (tertiary/aromatic N) is 1. The molecular formula is C17H17FN2O3S. The number of hydrogen-bond acceptors (Lipinski definition) is 4. The van der Waals surface area contributed by atoms with Crippen molar-refractivity contribution in [3.63, 3.8) is 0 Å². The Labute approximate surface area is 140 Å². The Balaban J connectivity index is 2.09. The van der Waals surface area contributed by atoms with Crippen molar-refractivity contribution in [2.24, 2.45) is 4.99 Å². The lowest BCUT2D eigenvalue weighted by Crippen LogP contribution is -2.32. The molecule has 2 N–H and O–H groups in total. The summed E-state index contributed by atoms with van der Waals surface area (Å²) in [6.07, 6.45) is 0. The van der Waals surface area contributed by atoms with E-state index in [9.17, 15) is 13.2 Å². The van der Waals surface area contributed by atoms with Gasteiger partial charge in [0.25, 0.3) is 0 Å². The maximum absolute atomic E-state index is 13.2. The van der Waals surface area contributed by atoms with Gasteiger partial charge in [-0.2, -0.15) is 0 Å². The molecule has 126 valence electrons. The fourth-order valence-electron chi connectivity index (χ4n) is 2.61. The van der Waals surface area contributed by atoms with Crippen LogP contribution in [0.3, 0.4) is 0 Å². The summed E-state index contributed by atoms with van der Waals surface area (Å²) in [4.78, 5) is 4.59. The zero-order valence-corrected chi connectivity index (χ0v) is 14.1. The number of nitrogens with one attached hydrogen (secondary N) is 1. The number of hydrogen-bond donors (Lipinski definition) is 2. The van der Waals surface area contributed by atoms with Gasteiger partial charge in [-0.15, -0.1) is 0 Å². The van der Waals surface area contributed by atoms with E-state index in [1.807, 2.05) is 0 Å². The molecule has 0 aromatic heterocycles. The molecule has 0 spiro atoms. The lowest BCUT2D eigenvalue weighted by atomic mass is 9.98. The largest absolute Gasteiger partial charge is 0.466 e. The van der Waals surface area contributed by atoms with Gasteiger partial charge < -0.3 is 9.29 Å². The predicted octanol–water partition coefficient (Wildman–Crippen LogP) is 3.81. The quantitative estimate of drug-likeness (QED) is 0.885. The highest BCUT2D eigenvalue weighted by molar-refractivity contribution is 7.86. The molecule has 0 bridgehead atoms. The van der Waals surface area contributed by atoms with Gasteiger partial charge in [0.15, 0.2) is 15.7 Å². The van der Waals surface area contributed by atoms with Crippen LogP contribution >= 0.6 is 0 Å². The summed E-state index contributed by atoms with van der Waals surface area (Å²) in [6, 6.07) is 11.1. The summed E-state index contributed by atoms with van der Waals surface area (Å²) in [5.74, 6) is -0.0718. The van der Waals surface area contributed by atoms with Crippen molar-refractivity contribution in [1.29, 1.82) is 4.78 Å². The molecule has 1 aliphatic heterocycles. The Morgan fingerprint density at radius 2 is 1.92 bits per heavy atom. The van der Waals surface area contributed by atoms with Gasteiger partial charge in [-0.25, -0.2) is 18.4 Å². The smallest absolute Gasteiger partial charge is 0.195 e. The summed E-state index contributed by atoms with van der Waals surface area (Å²) < 4.78 is 46.7. The van der Waals surface area contributed by atoms with Gasteiger partial charge in [0.1, 0.15) is 11.6 Å². The first-order chi connectivity index (χ1) is 11.1. The molecule has 0 radical (unpaired) electrons. The molecule has 24 heavy (non-hydrogen) atoms. The maximum Gasteiger partial charge on any atom is 0.195 e. The third kappa shape index (κ3) is 3.63. The monoisotopic (exact) mass is 348 g/mol. The van der Waals surface area contributed by atoms with E-state index < -0.39 is 15.7 Å². The third-order valence-electron chi connectivity index (χ3n) is 3.52. The summed E-state index contributed by atoms with van der Waals surface area (Å²) in [5, 5.41) is 0. The Kier molecular flexibility index (Phi) is 3.93. The number of benzene rings is 2. The van der Waals surface area contributed by atoms with Crippen molar-refractivity contribution >= 4 is 15.7 Å². The molecular weight excluding hydrogens is 331 g/mol. The maximum atomic E-state index is 13.2. The summed E-state index contributed by atoms with van der Waals surface area (Å²) in [7, 11) is -3.63. The highest BCUT2D eigenvalue weighted by Crippen LogP contribution is 2.33. The lowest BCUT2D eigenvalue weighted by molar-refractivity contribution is 0.115. The Bertz CT molecular complexity index is 919. The van der Waals surface area contributed by atoms with Crippen LogP contribution in [0.2, 0.25) is 0 Å².